The van der Waals surface area contributed by atoms with Crippen molar-refractivity contribution < 1.29 is 0 Å². The van der Waals surface area contributed by atoms with Crippen LogP contribution in [0.4, 0.5) is 0 Å². The van der Waals surface area contributed by atoms with E-state index in [2.05, 4.69) is 10.2 Å². The summed E-state index contributed by atoms with van der Waals surface area (Å²) in [7, 11) is 0. The highest BCUT2D eigenvalue weighted by atomic mass is 35.5. The Bertz CT molecular complexity index is 492. The maximum Gasteiger partial charge on any atom is 0.165 e. The van der Waals surface area contributed by atoms with Crippen LogP contribution >= 0.6 is 11.6 Å². The summed E-state index contributed by atoms with van der Waals surface area (Å²) in [6, 6.07) is 7.59. The molecule has 0 unspecified atom stereocenters. The van der Waals surface area contributed by atoms with Gasteiger partial charge in [-0.05, 0) is 19.1 Å². The molecule has 84 valence electrons. The predicted octanol–water partition coefficient (Wildman–Crippen LogP) is 1.87. The molecule has 0 atom stereocenters. The van der Waals surface area contributed by atoms with E-state index in [4.69, 9.17) is 17.3 Å². The van der Waals surface area contributed by atoms with Gasteiger partial charge in [0.2, 0.25) is 0 Å². The van der Waals surface area contributed by atoms with Gasteiger partial charge in [-0.15, -0.1) is 10.2 Å². The molecule has 1 aromatic heterocycles. The number of hydrogen-bond acceptors (Lipinski definition) is 3. The average molecular weight is 237 g/mol. The van der Waals surface area contributed by atoms with Gasteiger partial charge in [-0.1, -0.05) is 23.7 Å². The molecule has 2 aromatic rings. The van der Waals surface area contributed by atoms with Crippen molar-refractivity contribution in [3.8, 4) is 11.4 Å². The van der Waals surface area contributed by atoms with Crippen LogP contribution in [0.25, 0.3) is 11.4 Å². The highest BCUT2D eigenvalue weighted by Crippen LogP contribution is 2.26. The Morgan fingerprint density at radius 1 is 1.31 bits per heavy atom. The second kappa shape index (κ2) is 4.63. The third-order valence-corrected chi connectivity index (χ3v) is 2.73. The molecule has 0 bridgehead atoms. The zero-order valence-corrected chi connectivity index (χ0v) is 9.78. The maximum atomic E-state index is 6.13. The summed E-state index contributed by atoms with van der Waals surface area (Å²) in [5.74, 6) is 1.62. The fraction of sp³-hybridized carbons (Fsp3) is 0.273. The quantitative estimate of drug-likeness (QED) is 0.885. The van der Waals surface area contributed by atoms with Crippen LogP contribution in [0.1, 0.15) is 5.82 Å². The number of nitrogens with zero attached hydrogens (tertiary/aromatic N) is 3. The van der Waals surface area contributed by atoms with E-state index in [0.717, 1.165) is 17.2 Å². The number of hydrogen-bond donors (Lipinski definition) is 1. The first kappa shape index (κ1) is 11.1. The van der Waals surface area contributed by atoms with Gasteiger partial charge in [0.05, 0.1) is 5.02 Å². The van der Waals surface area contributed by atoms with Gasteiger partial charge >= 0.3 is 0 Å². The van der Waals surface area contributed by atoms with Crippen molar-refractivity contribution in [2.45, 2.75) is 13.5 Å². The third kappa shape index (κ3) is 1.94. The van der Waals surface area contributed by atoms with Gasteiger partial charge in [0.15, 0.2) is 5.82 Å². The van der Waals surface area contributed by atoms with Crippen LogP contribution in [0, 0.1) is 6.92 Å². The molecule has 0 radical (unpaired) electrons. The molecule has 5 heteroatoms. The molecule has 0 aliphatic rings. The molecule has 0 aliphatic carbocycles. The lowest BCUT2D eigenvalue weighted by Gasteiger charge is -2.07. The van der Waals surface area contributed by atoms with Crippen LogP contribution in [-0.2, 0) is 6.54 Å². The maximum absolute atomic E-state index is 6.13. The Labute approximate surface area is 99.1 Å². The van der Waals surface area contributed by atoms with E-state index in [1.165, 1.54) is 0 Å². The molecule has 0 spiro atoms. The monoisotopic (exact) mass is 236 g/mol. The van der Waals surface area contributed by atoms with E-state index in [-0.39, 0.29) is 0 Å². The summed E-state index contributed by atoms with van der Waals surface area (Å²) in [6.07, 6.45) is 0. The molecule has 16 heavy (non-hydrogen) atoms. The van der Waals surface area contributed by atoms with Crippen LogP contribution in [0.5, 0.6) is 0 Å². The third-order valence-electron chi connectivity index (χ3n) is 2.40. The van der Waals surface area contributed by atoms with Crippen molar-refractivity contribution >= 4 is 11.6 Å². The Morgan fingerprint density at radius 2 is 2.06 bits per heavy atom. The largest absolute Gasteiger partial charge is 0.329 e. The van der Waals surface area contributed by atoms with Gasteiger partial charge in [0, 0.05) is 18.7 Å². The Hall–Kier alpha value is -1.39. The van der Waals surface area contributed by atoms with E-state index in [9.17, 15) is 0 Å². The van der Waals surface area contributed by atoms with Crippen molar-refractivity contribution in [2.75, 3.05) is 6.54 Å². The van der Waals surface area contributed by atoms with Crippen LogP contribution in [0.2, 0.25) is 5.02 Å². The highest BCUT2D eigenvalue weighted by Gasteiger charge is 2.12. The highest BCUT2D eigenvalue weighted by molar-refractivity contribution is 6.33. The lowest BCUT2D eigenvalue weighted by Crippen LogP contribution is -2.12. The molecule has 2 rings (SSSR count). The second-order valence-corrected chi connectivity index (χ2v) is 3.90. The molecule has 4 nitrogen and oxygen atoms in total. The molecule has 2 N–H and O–H groups in total. The summed E-state index contributed by atoms with van der Waals surface area (Å²) in [6.45, 7) is 3.15. The van der Waals surface area contributed by atoms with Crippen molar-refractivity contribution in [2.24, 2.45) is 5.73 Å². The van der Waals surface area contributed by atoms with Crippen molar-refractivity contribution in [3.63, 3.8) is 0 Å². The van der Waals surface area contributed by atoms with Gasteiger partial charge in [-0.25, -0.2) is 0 Å². The van der Waals surface area contributed by atoms with Gasteiger partial charge in [-0.3, -0.25) is 0 Å². The standard InChI is InChI=1S/C11H13ClN4/c1-8-14-15-11(16(8)7-6-13)9-4-2-3-5-10(9)12/h2-5H,6-7,13H2,1H3. The Kier molecular flexibility index (Phi) is 3.22. The molecular formula is C11H13ClN4. The topological polar surface area (TPSA) is 56.7 Å². The van der Waals surface area contributed by atoms with Crippen molar-refractivity contribution in [1.82, 2.24) is 14.8 Å². The van der Waals surface area contributed by atoms with Gasteiger partial charge in [-0.2, -0.15) is 0 Å². The van der Waals surface area contributed by atoms with E-state index >= 15 is 0 Å². The molecular weight excluding hydrogens is 224 g/mol. The van der Waals surface area contributed by atoms with E-state index in [0.29, 0.717) is 18.1 Å². The van der Waals surface area contributed by atoms with Gasteiger partial charge < -0.3 is 10.3 Å². The molecule has 0 fully saturated rings. The first-order chi connectivity index (χ1) is 7.74. The first-order valence-electron chi connectivity index (χ1n) is 5.09. The lowest BCUT2D eigenvalue weighted by molar-refractivity contribution is 0.690. The lowest BCUT2D eigenvalue weighted by atomic mass is 10.2. The SMILES string of the molecule is Cc1nnc(-c2ccccc2Cl)n1CCN. The van der Waals surface area contributed by atoms with Gasteiger partial charge in [0.1, 0.15) is 5.82 Å². The number of benzene rings is 1. The molecule has 0 aliphatic heterocycles. The zero-order chi connectivity index (χ0) is 11.5. The minimum absolute atomic E-state index is 0.552. The number of aryl methyl sites for hydroxylation is 1. The van der Waals surface area contributed by atoms with Crippen molar-refractivity contribution in [1.29, 1.82) is 0 Å². The number of aromatic nitrogens is 3. The summed E-state index contributed by atoms with van der Waals surface area (Å²) >= 11 is 6.13. The predicted molar refractivity (Wildman–Crippen MR) is 64.3 cm³/mol. The van der Waals surface area contributed by atoms with E-state index < -0.39 is 0 Å². The summed E-state index contributed by atoms with van der Waals surface area (Å²) < 4.78 is 1.97. The number of halogens is 1. The molecule has 0 saturated carbocycles. The van der Waals surface area contributed by atoms with E-state index in [1.807, 2.05) is 35.8 Å². The smallest absolute Gasteiger partial charge is 0.165 e. The fourth-order valence-electron chi connectivity index (χ4n) is 1.62. The van der Waals surface area contributed by atoms with Crippen LogP contribution < -0.4 is 5.73 Å². The molecule has 0 saturated heterocycles. The van der Waals surface area contributed by atoms with Crippen LogP contribution in [0.3, 0.4) is 0 Å². The number of rotatable bonds is 3. The minimum atomic E-state index is 0.552. The first-order valence-corrected chi connectivity index (χ1v) is 5.46. The summed E-state index contributed by atoms with van der Waals surface area (Å²) in [5.41, 5.74) is 6.45. The van der Waals surface area contributed by atoms with Crippen LogP contribution in [-0.4, -0.2) is 21.3 Å². The second-order valence-electron chi connectivity index (χ2n) is 3.49. The summed E-state index contributed by atoms with van der Waals surface area (Å²) in [4.78, 5) is 0. The molecule has 1 heterocycles. The zero-order valence-electron chi connectivity index (χ0n) is 9.02. The average Bonchev–Trinajstić information content (AvgIpc) is 2.62. The fourth-order valence-corrected chi connectivity index (χ4v) is 1.84. The molecule has 1 aromatic carbocycles. The van der Waals surface area contributed by atoms with Crippen LogP contribution in [0.15, 0.2) is 24.3 Å². The molecule has 0 amide bonds. The Balaban J connectivity index is 2.52. The Morgan fingerprint density at radius 3 is 2.75 bits per heavy atom. The number of nitrogens with two attached hydrogens (primary N) is 1. The van der Waals surface area contributed by atoms with Crippen molar-refractivity contribution in [3.05, 3.63) is 35.1 Å². The minimum Gasteiger partial charge on any atom is -0.329 e. The van der Waals surface area contributed by atoms with E-state index in [1.54, 1.807) is 0 Å². The normalized spacial score (nSPS) is 10.7. The van der Waals surface area contributed by atoms with Gasteiger partial charge in [0.25, 0.3) is 0 Å². The summed E-state index contributed by atoms with van der Waals surface area (Å²) in [5, 5.41) is 8.86.